The van der Waals surface area contributed by atoms with Crippen LogP contribution in [0.2, 0.25) is 0 Å². The minimum absolute atomic E-state index is 0. The summed E-state index contributed by atoms with van der Waals surface area (Å²) in [5.74, 6) is 0.906. The van der Waals surface area contributed by atoms with Gasteiger partial charge in [-0.25, -0.2) is 9.78 Å². The zero-order valence-electron chi connectivity index (χ0n) is 20.6. The number of anilines is 1. The number of nitrogens with one attached hydrogen (secondary N) is 2. The molecule has 1 fully saturated rings. The topological polar surface area (TPSA) is 91.2 Å². The minimum atomic E-state index is -0.129. The fraction of sp³-hybridized carbons (Fsp3) is 0.440. The summed E-state index contributed by atoms with van der Waals surface area (Å²) in [4.78, 5) is 25.4. The molecule has 9 nitrogen and oxygen atoms in total. The monoisotopic (exact) mass is 498 g/mol. The molecule has 1 saturated heterocycles. The largest absolute Gasteiger partial charge is 0.352 e. The van der Waals surface area contributed by atoms with Gasteiger partial charge in [-0.1, -0.05) is 31.2 Å². The summed E-state index contributed by atoms with van der Waals surface area (Å²) in [5.41, 5.74) is 4.76. The molecule has 2 amide bonds. The maximum Gasteiger partial charge on any atom is 0.315 e. The van der Waals surface area contributed by atoms with Crippen LogP contribution in [0.5, 0.6) is 0 Å². The minimum Gasteiger partial charge on any atom is -0.352 e. The molecule has 3 heterocycles. The SMILES string of the molecule is CCCNC(=O)NCc1ccc(C2CN(c3cnccn3)CCN2Cc2cnn(C)c2C)cc1.Cl. The third-order valence-electron chi connectivity index (χ3n) is 6.43. The van der Waals surface area contributed by atoms with E-state index in [9.17, 15) is 4.79 Å². The lowest BCUT2D eigenvalue weighted by molar-refractivity contribution is 0.168. The first kappa shape index (κ1) is 26.4. The summed E-state index contributed by atoms with van der Waals surface area (Å²) < 4.78 is 1.93. The molecule has 1 aliphatic heterocycles. The van der Waals surface area contributed by atoms with Crippen molar-refractivity contribution in [3.63, 3.8) is 0 Å². The number of hydrogen-bond acceptors (Lipinski definition) is 6. The Morgan fingerprint density at radius 1 is 1.11 bits per heavy atom. The van der Waals surface area contributed by atoms with Gasteiger partial charge in [0.15, 0.2) is 0 Å². The Labute approximate surface area is 213 Å². The van der Waals surface area contributed by atoms with E-state index in [0.717, 1.165) is 44.0 Å². The number of urea groups is 1. The van der Waals surface area contributed by atoms with E-state index in [1.165, 1.54) is 16.8 Å². The molecule has 0 saturated carbocycles. The van der Waals surface area contributed by atoms with E-state index in [2.05, 4.69) is 66.7 Å². The van der Waals surface area contributed by atoms with Crippen LogP contribution in [0.3, 0.4) is 0 Å². The van der Waals surface area contributed by atoms with Crippen LogP contribution in [0.1, 0.15) is 41.8 Å². The quantitative estimate of drug-likeness (QED) is 0.495. The van der Waals surface area contributed by atoms with Crippen molar-refractivity contribution in [2.45, 2.75) is 39.4 Å². The molecule has 10 heteroatoms. The lowest BCUT2D eigenvalue weighted by Crippen LogP contribution is -2.48. The highest BCUT2D eigenvalue weighted by Gasteiger charge is 2.29. The Hall–Kier alpha value is -3.17. The van der Waals surface area contributed by atoms with Gasteiger partial charge in [0, 0.05) is 70.0 Å². The number of benzene rings is 1. The first-order valence-electron chi connectivity index (χ1n) is 11.9. The van der Waals surface area contributed by atoms with Crippen LogP contribution >= 0.6 is 12.4 Å². The summed E-state index contributed by atoms with van der Waals surface area (Å²) in [5, 5.41) is 10.2. The third-order valence-corrected chi connectivity index (χ3v) is 6.43. The van der Waals surface area contributed by atoms with Crippen LogP contribution in [0.25, 0.3) is 0 Å². The second-order valence-electron chi connectivity index (χ2n) is 8.73. The average molecular weight is 499 g/mol. The normalized spacial score (nSPS) is 16.0. The molecular formula is C25H35ClN8O. The Balaban J connectivity index is 0.00000342. The van der Waals surface area contributed by atoms with Crippen LogP contribution in [0.4, 0.5) is 10.6 Å². The van der Waals surface area contributed by atoms with Crippen molar-refractivity contribution in [1.82, 2.24) is 35.3 Å². The standard InChI is InChI=1S/C25H34N8O.ClH/c1-4-9-28-25(34)29-14-20-5-7-21(8-6-20)23-18-33(24-16-26-10-11-27-24)13-12-32(23)17-22-15-30-31(3)19(22)2;/h5-8,10-11,15-16,23H,4,9,12-14,17-18H2,1-3H3,(H2,28,29,34);1H. The smallest absolute Gasteiger partial charge is 0.315 e. The molecule has 35 heavy (non-hydrogen) atoms. The van der Waals surface area contributed by atoms with E-state index in [1.54, 1.807) is 12.4 Å². The maximum atomic E-state index is 11.9. The van der Waals surface area contributed by atoms with Crippen molar-refractivity contribution in [2.75, 3.05) is 31.1 Å². The number of halogens is 1. The van der Waals surface area contributed by atoms with Crippen molar-refractivity contribution in [1.29, 1.82) is 0 Å². The third kappa shape index (κ3) is 6.70. The number of piperazine rings is 1. The molecule has 1 unspecified atom stereocenters. The van der Waals surface area contributed by atoms with Gasteiger partial charge in [-0.05, 0) is 24.5 Å². The second-order valence-corrected chi connectivity index (χ2v) is 8.73. The number of rotatable bonds is 8. The predicted octanol–water partition coefficient (Wildman–Crippen LogP) is 3.21. The molecule has 0 radical (unpaired) electrons. The first-order valence-corrected chi connectivity index (χ1v) is 11.9. The van der Waals surface area contributed by atoms with Gasteiger partial charge in [-0.3, -0.25) is 14.6 Å². The van der Waals surface area contributed by atoms with Gasteiger partial charge in [0.2, 0.25) is 0 Å². The predicted molar refractivity (Wildman–Crippen MR) is 140 cm³/mol. The zero-order chi connectivity index (χ0) is 23.9. The van der Waals surface area contributed by atoms with Gasteiger partial charge < -0.3 is 15.5 Å². The number of hydrogen-bond donors (Lipinski definition) is 2. The van der Waals surface area contributed by atoms with Crippen LogP contribution in [-0.2, 0) is 20.1 Å². The van der Waals surface area contributed by atoms with Gasteiger partial charge in [-0.15, -0.1) is 12.4 Å². The highest BCUT2D eigenvalue weighted by molar-refractivity contribution is 5.85. The summed E-state index contributed by atoms with van der Waals surface area (Å²) in [7, 11) is 1.98. The number of nitrogens with zero attached hydrogens (tertiary/aromatic N) is 6. The van der Waals surface area contributed by atoms with Gasteiger partial charge in [0.1, 0.15) is 5.82 Å². The number of aryl methyl sites for hydroxylation is 1. The van der Waals surface area contributed by atoms with Crippen LogP contribution in [-0.4, -0.2) is 56.9 Å². The maximum absolute atomic E-state index is 11.9. The summed E-state index contributed by atoms with van der Waals surface area (Å²) in [6.45, 7) is 8.82. The van der Waals surface area contributed by atoms with E-state index in [4.69, 9.17) is 0 Å². The molecule has 1 aliphatic rings. The summed E-state index contributed by atoms with van der Waals surface area (Å²) in [6.07, 6.45) is 8.17. The number of carbonyl (C=O) groups excluding carboxylic acids is 1. The molecule has 0 aliphatic carbocycles. The molecule has 1 atom stereocenters. The van der Waals surface area contributed by atoms with Crippen molar-refractivity contribution >= 4 is 24.3 Å². The number of amides is 2. The average Bonchev–Trinajstić information content (AvgIpc) is 3.19. The van der Waals surface area contributed by atoms with E-state index in [-0.39, 0.29) is 24.5 Å². The first-order chi connectivity index (χ1) is 16.5. The fourth-order valence-corrected chi connectivity index (χ4v) is 4.25. The second kappa shape index (κ2) is 12.5. The lowest BCUT2D eigenvalue weighted by Gasteiger charge is -2.42. The number of carbonyl (C=O) groups is 1. The van der Waals surface area contributed by atoms with Crippen LogP contribution in [0, 0.1) is 6.92 Å². The van der Waals surface area contributed by atoms with E-state index in [0.29, 0.717) is 13.1 Å². The number of aromatic nitrogens is 4. The molecule has 2 aromatic heterocycles. The van der Waals surface area contributed by atoms with Gasteiger partial charge >= 0.3 is 6.03 Å². The summed E-state index contributed by atoms with van der Waals surface area (Å²) >= 11 is 0. The van der Waals surface area contributed by atoms with Crippen LogP contribution in [0.15, 0.2) is 49.1 Å². The van der Waals surface area contributed by atoms with E-state index < -0.39 is 0 Å². The lowest BCUT2D eigenvalue weighted by atomic mass is 10.00. The van der Waals surface area contributed by atoms with E-state index >= 15 is 0 Å². The van der Waals surface area contributed by atoms with Gasteiger partial charge in [0.05, 0.1) is 18.4 Å². The molecule has 2 N–H and O–H groups in total. The van der Waals surface area contributed by atoms with Crippen molar-refractivity contribution < 1.29 is 4.79 Å². The van der Waals surface area contributed by atoms with Crippen molar-refractivity contribution in [3.05, 3.63) is 71.4 Å². The van der Waals surface area contributed by atoms with Crippen molar-refractivity contribution in [2.24, 2.45) is 7.05 Å². The molecule has 188 valence electrons. The Morgan fingerprint density at radius 3 is 2.57 bits per heavy atom. The molecule has 0 spiro atoms. The van der Waals surface area contributed by atoms with E-state index in [1.807, 2.05) is 31.0 Å². The molecule has 3 aromatic rings. The van der Waals surface area contributed by atoms with Crippen molar-refractivity contribution in [3.8, 4) is 0 Å². The Bertz CT molecular complexity index is 1070. The molecule has 1 aromatic carbocycles. The Morgan fingerprint density at radius 2 is 1.91 bits per heavy atom. The summed E-state index contributed by atoms with van der Waals surface area (Å²) in [6, 6.07) is 8.62. The highest BCUT2D eigenvalue weighted by atomic mass is 35.5. The fourth-order valence-electron chi connectivity index (χ4n) is 4.25. The Kier molecular flexibility index (Phi) is 9.45. The van der Waals surface area contributed by atoms with Crippen LogP contribution < -0.4 is 15.5 Å². The highest BCUT2D eigenvalue weighted by Crippen LogP contribution is 2.29. The molecule has 0 bridgehead atoms. The molecular weight excluding hydrogens is 464 g/mol. The van der Waals surface area contributed by atoms with Gasteiger partial charge in [0.25, 0.3) is 0 Å². The molecule has 4 rings (SSSR count). The van der Waals surface area contributed by atoms with Gasteiger partial charge in [-0.2, -0.15) is 5.10 Å². The zero-order valence-corrected chi connectivity index (χ0v) is 21.5.